The summed E-state index contributed by atoms with van der Waals surface area (Å²) in [5.41, 5.74) is 4.40. The molecule has 1 fully saturated rings. The summed E-state index contributed by atoms with van der Waals surface area (Å²) in [4.78, 5) is 41.3. The number of aryl methyl sites for hydroxylation is 1. The predicted octanol–water partition coefficient (Wildman–Crippen LogP) is 1.15. The Morgan fingerprint density at radius 3 is 3.05 bits per heavy atom. The lowest BCUT2D eigenvalue weighted by Gasteiger charge is -2.24. The number of carbonyl (C=O) groups is 2. The number of anilines is 1. The van der Waals surface area contributed by atoms with E-state index in [1.165, 1.54) is 0 Å². The van der Waals surface area contributed by atoms with Crippen molar-refractivity contribution in [1.82, 2.24) is 9.55 Å². The van der Waals surface area contributed by atoms with E-state index >= 15 is 0 Å². The lowest BCUT2D eigenvalue weighted by molar-refractivity contribution is -0.132. The van der Waals surface area contributed by atoms with Crippen LogP contribution in [0.2, 0.25) is 0 Å². The summed E-state index contributed by atoms with van der Waals surface area (Å²) < 4.78 is 54.8. The number of rotatable bonds is 1. The van der Waals surface area contributed by atoms with Crippen molar-refractivity contribution in [2.24, 2.45) is 0 Å². The van der Waals surface area contributed by atoms with Gasteiger partial charge in [0, 0.05) is 20.3 Å². The number of nitrogens with zero attached hydrogens (tertiary/aromatic N) is 2. The van der Waals surface area contributed by atoms with Crippen molar-refractivity contribution in [3.63, 3.8) is 0 Å². The number of ketones is 2. The standard InChI is InChI=1S/C15H15N3O3/c1-8-17-11-4-2-3-10(16)14(11)15(21)18(8)12-6-5-9(19)7-13(12)20/h2-4,12H,5-7,16H2,1H3/i1D3,2D,5D2,6D. The van der Waals surface area contributed by atoms with Gasteiger partial charge in [0.05, 0.1) is 24.7 Å². The molecule has 2 unspecified atom stereocenters. The number of hydrogen-bond donors (Lipinski definition) is 1. The summed E-state index contributed by atoms with van der Waals surface area (Å²) in [5, 5.41) is -0.249. The van der Waals surface area contributed by atoms with E-state index in [1.807, 2.05) is 0 Å². The highest BCUT2D eigenvalue weighted by Crippen LogP contribution is 2.24. The molecule has 6 nitrogen and oxygen atoms in total. The van der Waals surface area contributed by atoms with Crippen LogP contribution in [0.15, 0.2) is 23.0 Å². The van der Waals surface area contributed by atoms with E-state index in [2.05, 4.69) is 4.98 Å². The fourth-order valence-corrected chi connectivity index (χ4v) is 2.26. The molecule has 1 aromatic carbocycles. The zero-order valence-corrected chi connectivity index (χ0v) is 10.7. The van der Waals surface area contributed by atoms with E-state index in [0.29, 0.717) is 4.57 Å². The van der Waals surface area contributed by atoms with Crippen LogP contribution in [0.5, 0.6) is 0 Å². The molecule has 1 aliphatic carbocycles. The molecule has 6 heteroatoms. The fourth-order valence-electron chi connectivity index (χ4n) is 2.26. The molecule has 2 N–H and O–H groups in total. The minimum absolute atomic E-state index is 0.111. The monoisotopic (exact) mass is 292 g/mol. The number of carbonyl (C=O) groups excluding carboxylic acids is 2. The van der Waals surface area contributed by atoms with E-state index in [4.69, 9.17) is 15.3 Å². The molecule has 1 aliphatic rings. The van der Waals surface area contributed by atoms with Crippen LogP contribution in [0.4, 0.5) is 5.69 Å². The van der Waals surface area contributed by atoms with Crippen LogP contribution >= 0.6 is 0 Å². The van der Waals surface area contributed by atoms with Crippen LogP contribution in [0, 0.1) is 6.85 Å². The van der Waals surface area contributed by atoms with Crippen LogP contribution in [-0.2, 0) is 9.59 Å². The third-order valence-corrected chi connectivity index (χ3v) is 3.24. The molecule has 2 atom stereocenters. The van der Waals surface area contributed by atoms with Gasteiger partial charge < -0.3 is 5.73 Å². The van der Waals surface area contributed by atoms with Crippen LogP contribution in [0.25, 0.3) is 10.9 Å². The normalized spacial score (nSPS) is 30.6. The summed E-state index contributed by atoms with van der Waals surface area (Å²) in [6.45, 7) is -2.99. The summed E-state index contributed by atoms with van der Waals surface area (Å²) in [5.74, 6) is -2.90. The maximum Gasteiger partial charge on any atom is 0.264 e. The number of nitrogen functional groups attached to an aromatic ring is 1. The molecule has 0 aliphatic heterocycles. The van der Waals surface area contributed by atoms with Crippen LogP contribution in [0.3, 0.4) is 0 Å². The number of hydrogen-bond acceptors (Lipinski definition) is 5. The van der Waals surface area contributed by atoms with Gasteiger partial charge in [0.2, 0.25) is 0 Å². The Balaban J connectivity index is 2.43. The Bertz CT molecular complexity index is 1080. The van der Waals surface area contributed by atoms with Gasteiger partial charge >= 0.3 is 0 Å². The average Bonchev–Trinajstić information content (AvgIpc) is 2.53. The van der Waals surface area contributed by atoms with Gasteiger partial charge in [-0.25, -0.2) is 4.98 Å². The number of nitrogens with two attached hydrogens (primary N) is 1. The number of Topliss-reactive ketones (excluding diaryl/α,β-unsaturated/α-hetero) is 2. The van der Waals surface area contributed by atoms with Crippen molar-refractivity contribution >= 4 is 28.2 Å². The topological polar surface area (TPSA) is 95.0 Å². The van der Waals surface area contributed by atoms with E-state index in [9.17, 15) is 14.4 Å². The third kappa shape index (κ3) is 2.12. The molecule has 0 spiro atoms. The molecule has 21 heavy (non-hydrogen) atoms. The first-order chi connectivity index (χ1) is 12.8. The lowest BCUT2D eigenvalue weighted by atomic mass is 9.92. The average molecular weight is 292 g/mol. The van der Waals surface area contributed by atoms with Gasteiger partial charge in [0.1, 0.15) is 11.6 Å². The molecular formula is C15H15N3O3. The summed E-state index contributed by atoms with van der Waals surface area (Å²) in [6.07, 6.45) is -5.68. The SMILES string of the molecule is [2H]c1cc(N)c2c(=O)n(C3C(=O)CC(=O)C([2H])([2H])C3[2H])c(C([2H])([2H])[2H])nc2c1. The molecular weight excluding hydrogens is 270 g/mol. The Morgan fingerprint density at radius 1 is 1.48 bits per heavy atom. The summed E-state index contributed by atoms with van der Waals surface area (Å²) in [6, 6.07) is 0.313. The molecule has 0 radical (unpaired) electrons. The Kier molecular flexibility index (Phi) is 1.71. The number of aromatic nitrogens is 2. The molecule has 2 aromatic rings. The van der Waals surface area contributed by atoms with E-state index in [0.717, 1.165) is 12.1 Å². The van der Waals surface area contributed by atoms with Gasteiger partial charge in [-0.3, -0.25) is 19.0 Å². The summed E-state index contributed by atoms with van der Waals surface area (Å²) >= 11 is 0. The van der Waals surface area contributed by atoms with Crippen molar-refractivity contribution in [3.8, 4) is 0 Å². The largest absolute Gasteiger partial charge is 0.398 e. The van der Waals surface area contributed by atoms with E-state index in [1.54, 1.807) is 0 Å². The zero-order chi connectivity index (χ0) is 21.2. The molecule has 108 valence electrons. The van der Waals surface area contributed by atoms with Crippen molar-refractivity contribution in [2.75, 3.05) is 5.73 Å². The molecule has 0 amide bonds. The first kappa shape index (κ1) is 7.49. The molecule has 0 bridgehead atoms. The maximum absolute atomic E-state index is 13.1. The van der Waals surface area contributed by atoms with Gasteiger partial charge in [-0.05, 0) is 25.4 Å². The smallest absolute Gasteiger partial charge is 0.264 e. The first-order valence-electron chi connectivity index (χ1n) is 9.65. The number of fused-ring (bicyclic) bond motifs is 1. The Morgan fingerprint density at radius 2 is 2.29 bits per heavy atom. The van der Waals surface area contributed by atoms with E-state index in [-0.39, 0.29) is 22.6 Å². The molecule has 1 aromatic heterocycles. The second-order valence-electron chi connectivity index (χ2n) is 4.60. The van der Waals surface area contributed by atoms with Crippen molar-refractivity contribution in [2.45, 2.75) is 32.1 Å². The highest BCUT2D eigenvalue weighted by molar-refractivity contribution is 6.03. The van der Waals surface area contributed by atoms with Crippen molar-refractivity contribution in [3.05, 3.63) is 34.4 Å². The second-order valence-corrected chi connectivity index (χ2v) is 4.60. The van der Waals surface area contributed by atoms with Gasteiger partial charge in [0.25, 0.3) is 5.56 Å². The van der Waals surface area contributed by atoms with Gasteiger partial charge in [0.15, 0.2) is 5.78 Å². The minimum atomic E-state index is -2.99. The number of benzene rings is 1. The lowest BCUT2D eigenvalue weighted by Crippen LogP contribution is -2.36. The molecule has 1 heterocycles. The highest BCUT2D eigenvalue weighted by atomic mass is 16.2. The Hall–Kier alpha value is -2.50. The third-order valence-electron chi connectivity index (χ3n) is 3.24. The molecule has 1 saturated carbocycles. The van der Waals surface area contributed by atoms with Gasteiger partial charge in [-0.2, -0.15) is 0 Å². The minimum Gasteiger partial charge on any atom is -0.398 e. The van der Waals surface area contributed by atoms with Crippen molar-refractivity contribution < 1.29 is 19.2 Å². The zero-order valence-electron chi connectivity index (χ0n) is 17.7. The van der Waals surface area contributed by atoms with Crippen LogP contribution < -0.4 is 11.3 Å². The van der Waals surface area contributed by atoms with E-state index < -0.39 is 55.0 Å². The van der Waals surface area contributed by atoms with Crippen LogP contribution in [-0.4, -0.2) is 21.1 Å². The predicted molar refractivity (Wildman–Crippen MR) is 78.1 cm³/mol. The first-order valence-corrected chi connectivity index (χ1v) is 6.08. The summed E-state index contributed by atoms with van der Waals surface area (Å²) in [7, 11) is 0. The van der Waals surface area contributed by atoms with Gasteiger partial charge in [-0.15, -0.1) is 0 Å². The van der Waals surface area contributed by atoms with Crippen molar-refractivity contribution in [1.29, 1.82) is 0 Å². The second kappa shape index (κ2) is 4.80. The fraction of sp³-hybridized carbons (Fsp3) is 0.333. The highest BCUT2D eigenvalue weighted by Gasteiger charge is 2.30. The molecule has 3 rings (SSSR count). The maximum atomic E-state index is 13.1. The van der Waals surface area contributed by atoms with Crippen LogP contribution in [0.1, 0.15) is 40.7 Å². The molecule has 0 saturated heterocycles. The van der Waals surface area contributed by atoms with Gasteiger partial charge in [-0.1, -0.05) is 6.04 Å². The Labute approximate surface area is 130 Å². The quantitative estimate of drug-likeness (QED) is 0.628.